The van der Waals surface area contributed by atoms with E-state index in [-0.39, 0.29) is 21.9 Å². The monoisotopic (exact) mass is 464 g/mol. The van der Waals surface area contributed by atoms with Crippen LogP contribution in [-0.4, -0.2) is 68.7 Å². The number of nitrogens with zero attached hydrogens (tertiary/aromatic N) is 2. The van der Waals surface area contributed by atoms with Gasteiger partial charge in [-0.25, -0.2) is 12.8 Å². The summed E-state index contributed by atoms with van der Waals surface area (Å²) in [5, 5.41) is 0.0139. The van der Waals surface area contributed by atoms with Gasteiger partial charge in [0.15, 0.2) is 0 Å². The second-order valence-electron chi connectivity index (χ2n) is 7.50. The summed E-state index contributed by atoms with van der Waals surface area (Å²) in [7, 11) is -3.59. The SMILES string of the molecule is O=C(c1ccc(S(=O)(=O)N2CCOCC2)cc1)N1CCSC(c2ccccc2F)CC1. The van der Waals surface area contributed by atoms with Crippen molar-refractivity contribution in [3.8, 4) is 0 Å². The number of halogens is 1. The van der Waals surface area contributed by atoms with Crippen molar-refractivity contribution in [2.75, 3.05) is 45.1 Å². The first-order valence-corrected chi connectivity index (χ1v) is 12.8. The maximum Gasteiger partial charge on any atom is 0.253 e. The number of hydrogen-bond acceptors (Lipinski definition) is 5. The van der Waals surface area contributed by atoms with Crippen LogP contribution in [0.5, 0.6) is 0 Å². The van der Waals surface area contributed by atoms with E-state index in [1.165, 1.54) is 22.5 Å². The number of amides is 1. The fourth-order valence-corrected chi connectivity index (χ4v) is 6.51. The molecule has 0 saturated carbocycles. The van der Waals surface area contributed by atoms with Crippen LogP contribution in [0.1, 0.15) is 27.6 Å². The molecule has 2 aliphatic rings. The van der Waals surface area contributed by atoms with Crippen LogP contribution in [0.15, 0.2) is 53.4 Å². The number of thioether (sulfide) groups is 1. The molecule has 0 spiro atoms. The Hall–Kier alpha value is -1.94. The van der Waals surface area contributed by atoms with Gasteiger partial charge in [-0.15, -0.1) is 0 Å². The summed E-state index contributed by atoms with van der Waals surface area (Å²) < 4.78 is 46.3. The highest BCUT2D eigenvalue weighted by molar-refractivity contribution is 7.99. The minimum atomic E-state index is -3.59. The number of carbonyl (C=O) groups is 1. The smallest absolute Gasteiger partial charge is 0.253 e. The molecule has 31 heavy (non-hydrogen) atoms. The summed E-state index contributed by atoms with van der Waals surface area (Å²) in [5.41, 5.74) is 1.13. The van der Waals surface area contributed by atoms with Crippen molar-refractivity contribution >= 4 is 27.7 Å². The first-order chi connectivity index (χ1) is 15.0. The van der Waals surface area contributed by atoms with Crippen LogP contribution in [-0.2, 0) is 14.8 Å². The molecule has 2 heterocycles. The van der Waals surface area contributed by atoms with Gasteiger partial charge in [-0.2, -0.15) is 16.1 Å². The molecule has 2 aromatic carbocycles. The Morgan fingerprint density at radius 3 is 2.42 bits per heavy atom. The zero-order valence-electron chi connectivity index (χ0n) is 17.1. The van der Waals surface area contributed by atoms with E-state index in [2.05, 4.69) is 0 Å². The van der Waals surface area contributed by atoms with Gasteiger partial charge < -0.3 is 9.64 Å². The standard InChI is InChI=1S/C22H25FN2O4S2/c23-20-4-2-1-3-19(20)21-9-10-24(13-16-30-21)22(26)17-5-7-18(8-6-17)31(27,28)25-11-14-29-15-12-25/h1-8,21H,9-16H2. The van der Waals surface area contributed by atoms with E-state index in [9.17, 15) is 17.6 Å². The van der Waals surface area contributed by atoms with Gasteiger partial charge in [-0.1, -0.05) is 18.2 Å². The molecule has 0 N–H and O–H groups in total. The maximum absolute atomic E-state index is 14.1. The largest absolute Gasteiger partial charge is 0.379 e. The van der Waals surface area contributed by atoms with Crippen LogP contribution in [0, 0.1) is 5.82 Å². The highest BCUT2D eigenvalue weighted by Crippen LogP contribution is 2.35. The van der Waals surface area contributed by atoms with Crippen molar-refractivity contribution in [2.24, 2.45) is 0 Å². The number of ether oxygens (including phenoxy) is 1. The minimum Gasteiger partial charge on any atom is -0.379 e. The second kappa shape index (κ2) is 9.68. The van der Waals surface area contributed by atoms with Crippen molar-refractivity contribution in [2.45, 2.75) is 16.6 Å². The van der Waals surface area contributed by atoms with E-state index in [1.807, 2.05) is 6.07 Å². The van der Waals surface area contributed by atoms with Gasteiger partial charge in [0.25, 0.3) is 5.91 Å². The van der Waals surface area contributed by atoms with Gasteiger partial charge >= 0.3 is 0 Å². The zero-order chi connectivity index (χ0) is 21.8. The lowest BCUT2D eigenvalue weighted by molar-refractivity contribution is 0.0730. The lowest BCUT2D eigenvalue weighted by Crippen LogP contribution is -2.40. The number of carbonyl (C=O) groups excluding carboxylic acids is 1. The Balaban J connectivity index is 1.43. The average Bonchev–Trinajstić information content (AvgIpc) is 3.06. The Labute approximate surface area is 186 Å². The van der Waals surface area contributed by atoms with E-state index in [1.54, 1.807) is 40.9 Å². The quantitative estimate of drug-likeness (QED) is 0.695. The lowest BCUT2D eigenvalue weighted by Gasteiger charge is -2.26. The fourth-order valence-electron chi connectivity index (χ4n) is 3.85. The molecule has 0 aliphatic carbocycles. The number of benzene rings is 2. The Morgan fingerprint density at radius 2 is 1.71 bits per heavy atom. The maximum atomic E-state index is 14.1. The molecule has 2 fully saturated rings. The van der Waals surface area contributed by atoms with E-state index in [4.69, 9.17) is 4.74 Å². The molecular formula is C22H25FN2O4S2. The molecule has 166 valence electrons. The molecule has 4 rings (SSSR count). The van der Waals surface area contributed by atoms with Gasteiger partial charge in [0.05, 0.1) is 18.1 Å². The first kappa shape index (κ1) is 22.3. The van der Waals surface area contributed by atoms with E-state index < -0.39 is 10.0 Å². The number of sulfonamides is 1. The van der Waals surface area contributed by atoms with E-state index in [0.29, 0.717) is 62.7 Å². The van der Waals surface area contributed by atoms with Crippen LogP contribution in [0.3, 0.4) is 0 Å². The third kappa shape index (κ3) is 4.95. The van der Waals surface area contributed by atoms with Crippen molar-refractivity contribution in [1.82, 2.24) is 9.21 Å². The lowest BCUT2D eigenvalue weighted by atomic mass is 10.1. The summed E-state index contributed by atoms with van der Waals surface area (Å²) in [6.07, 6.45) is 0.667. The van der Waals surface area contributed by atoms with Crippen molar-refractivity contribution < 1.29 is 22.3 Å². The predicted octanol–water partition coefficient (Wildman–Crippen LogP) is 3.17. The third-order valence-corrected chi connectivity index (χ3v) is 8.81. The minimum absolute atomic E-state index is 0.0139. The van der Waals surface area contributed by atoms with Crippen LogP contribution in [0.2, 0.25) is 0 Å². The first-order valence-electron chi connectivity index (χ1n) is 10.3. The van der Waals surface area contributed by atoms with Crippen LogP contribution < -0.4 is 0 Å². The molecule has 2 aliphatic heterocycles. The molecule has 2 aromatic rings. The Morgan fingerprint density at radius 1 is 1.00 bits per heavy atom. The highest BCUT2D eigenvalue weighted by Gasteiger charge is 2.28. The molecule has 0 radical (unpaired) electrons. The fraction of sp³-hybridized carbons (Fsp3) is 0.409. The van der Waals surface area contributed by atoms with Crippen LogP contribution in [0.25, 0.3) is 0 Å². The van der Waals surface area contributed by atoms with Gasteiger partial charge in [0.1, 0.15) is 5.82 Å². The summed E-state index contributed by atoms with van der Waals surface area (Å²) in [6.45, 7) is 2.53. The van der Waals surface area contributed by atoms with Gasteiger partial charge in [0.2, 0.25) is 10.0 Å². The average molecular weight is 465 g/mol. The summed E-state index contributed by atoms with van der Waals surface area (Å²) in [6, 6.07) is 12.9. The second-order valence-corrected chi connectivity index (χ2v) is 10.8. The molecular weight excluding hydrogens is 439 g/mol. The molecule has 0 bridgehead atoms. The molecule has 6 nitrogen and oxygen atoms in total. The van der Waals surface area contributed by atoms with Crippen molar-refractivity contribution in [3.05, 3.63) is 65.5 Å². The Kier molecular flexibility index (Phi) is 6.95. The van der Waals surface area contributed by atoms with Gasteiger partial charge in [-0.05, 0) is 36.8 Å². The van der Waals surface area contributed by atoms with E-state index in [0.717, 1.165) is 0 Å². The summed E-state index contributed by atoms with van der Waals surface area (Å²) in [4.78, 5) is 14.9. The molecule has 1 atom stereocenters. The topological polar surface area (TPSA) is 66.9 Å². The number of morpholine rings is 1. The van der Waals surface area contributed by atoms with E-state index >= 15 is 0 Å². The Bertz CT molecular complexity index is 1020. The molecule has 1 unspecified atom stereocenters. The van der Waals surface area contributed by atoms with Crippen molar-refractivity contribution in [3.63, 3.8) is 0 Å². The van der Waals surface area contributed by atoms with Crippen molar-refractivity contribution in [1.29, 1.82) is 0 Å². The van der Waals surface area contributed by atoms with Gasteiger partial charge in [0, 0.05) is 48.3 Å². The summed E-state index contributed by atoms with van der Waals surface area (Å²) in [5.74, 6) is 0.371. The van der Waals surface area contributed by atoms with Crippen LogP contribution in [0.4, 0.5) is 4.39 Å². The number of hydrogen-bond donors (Lipinski definition) is 0. The van der Waals surface area contributed by atoms with Gasteiger partial charge in [-0.3, -0.25) is 4.79 Å². The zero-order valence-corrected chi connectivity index (χ0v) is 18.7. The predicted molar refractivity (Wildman–Crippen MR) is 118 cm³/mol. The number of rotatable bonds is 4. The third-order valence-electron chi connectivity index (χ3n) is 5.59. The molecule has 2 saturated heterocycles. The molecule has 0 aromatic heterocycles. The normalized spacial score (nSPS) is 20.9. The highest BCUT2D eigenvalue weighted by atomic mass is 32.2. The van der Waals surface area contributed by atoms with Crippen LogP contribution >= 0.6 is 11.8 Å². The summed E-state index contributed by atoms with van der Waals surface area (Å²) >= 11 is 1.66. The molecule has 9 heteroatoms. The molecule has 1 amide bonds.